The summed E-state index contributed by atoms with van der Waals surface area (Å²) in [5.41, 5.74) is 2.99. The molecule has 0 amide bonds. The van der Waals surface area contributed by atoms with Crippen LogP contribution >= 0.6 is 0 Å². The monoisotopic (exact) mass is 220 g/mol. The lowest BCUT2D eigenvalue weighted by molar-refractivity contribution is 0.240. The maximum atomic E-state index is 8.96. The Labute approximate surface area is 99.3 Å². The van der Waals surface area contributed by atoms with Gasteiger partial charge in [-0.15, -0.1) is 0 Å². The van der Waals surface area contributed by atoms with Crippen LogP contribution in [0.1, 0.15) is 46.0 Å². The van der Waals surface area contributed by atoms with E-state index in [1.807, 2.05) is 6.92 Å². The Hall–Kier alpha value is -0.560. The molecule has 0 aromatic rings. The third kappa shape index (κ3) is 1.86. The molecule has 2 aliphatic carbocycles. The van der Waals surface area contributed by atoms with E-state index in [-0.39, 0.29) is 6.61 Å². The molecule has 2 unspecified atom stereocenters. The maximum Gasteiger partial charge on any atom is 0.0639 e. The number of rotatable bonds is 4. The first-order valence-corrected chi connectivity index (χ1v) is 6.53. The fourth-order valence-corrected chi connectivity index (χ4v) is 3.65. The number of fused-ring (bicyclic) bond motifs is 2. The van der Waals surface area contributed by atoms with Crippen molar-refractivity contribution in [2.75, 3.05) is 6.61 Å². The van der Waals surface area contributed by atoms with Gasteiger partial charge in [-0.1, -0.05) is 30.7 Å². The van der Waals surface area contributed by atoms with E-state index in [0.717, 1.165) is 23.8 Å². The lowest BCUT2D eigenvalue weighted by Crippen LogP contribution is -2.26. The molecule has 2 saturated carbocycles. The molecule has 0 saturated heterocycles. The normalized spacial score (nSPS) is 38.4. The van der Waals surface area contributed by atoms with E-state index in [9.17, 15) is 0 Å². The molecule has 3 atom stereocenters. The molecule has 2 fully saturated rings. The summed E-state index contributed by atoms with van der Waals surface area (Å²) < 4.78 is 0. The van der Waals surface area contributed by atoms with E-state index < -0.39 is 0 Å². The second kappa shape index (κ2) is 4.37. The molecule has 1 heteroatoms. The van der Waals surface area contributed by atoms with E-state index >= 15 is 0 Å². The van der Waals surface area contributed by atoms with E-state index in [4.69, 9.17) is 5.11 Å². The number of hydrogen-bond acceptors (Lipinski definition) is 1. The molecule has 0 aliphatic heterocycles. The zero-order valence-corrected chi connectivity index (χ0v) is 10.6. The average molecular weight is 220 g/mol. The molecule has 0 heterocycles. The second-order valence-corrected chi connectivity index (χ2v) is 5.90. The fraction of sp³-hybridized carbons (Fsp3) is 0.733. The summed E-state index contributed by atoms with van der Waals surface area (Å²) in [5.74, 6) is 1.70. The molecule has 2 aliphatic rings. The highest BCUT2D eigenvalue weighted by Crippen LogP contribution is 2.60. The van der Waals surface area contributed by atoms with Gasteiger partial charge in [0.2, 0.25) is 0 Å². The molecule has 90 valence electrons. The predicted octanol–water partition coefficient (Wildman–Crippen LogP) is 3.70. The number of hydrogen-bond donors (Lipinski definition) is 1. The Morgan fingerprint density at radius 2 is 2.31 bits per heavy atom. The molecule has 0 aromatic heterocycles. The quantitative estimate of drug-likeness (QED) is 0.716. The van der Waals surface area contributed by atoms with Crippen LogP contribution in [-0.2, 0) is 0 Å². The Bertz CT molecular complexity index is 315. The van der Waals surface area contributed by atoms with E-state index in [2.05, 4.69) is 19.6 Å². The Kier molecular flexibility index (Phi) is 3.25. The summed E-state index contributed by atoms with van der Waals surface area (Å²) in [5, 5.41) is 8.96. The first-order chi connectivity index (χ1) is 7.58. The fourth-order valence-electron chi connectivity index (χ4n) is 3.65. The van der Waals surface area contributed by atoms with Gasteiger partial charge >= 0.3 is 0 Å². The van der Waals surface area contributed by atoms with Gasteiger partial charge in [0.1, 0.15) is 0 Å². The molecule has 0 aromatic carbocycles. The van der Waals surface area contributed by atoms with E-state index in [1.54, 1.807) is 0 Å². The third-order valence-corrected chi connectivity index (χ3v) is 4.97. The van der Waals surface area contributed by atoms with E-state index in [1.165, 1.54) is 31.3 Å². The SMILES string of the molecule is C=C1C2CCC(C2)[C@@]1(C)CC/C=C(/C)CO. The maximum absolute atomic E-state index is 8.96. The summed E-state index contributed by atoms with van der Waals surface area (Å²) in [6.45, 7) is 8.94. The van der Waals surface area contributed by atoms with Gasteiger partial charge in [0, 0.05) is 0 Å². The van der Waals surface area contributed by atoms with Gasteiger partial charge in [-0.05, 0) is 56.3 Å². The second-order valence-electron chi connectivity index (χ2n) is 5.90. The molecule has 2 bridgehead atoms. The standard InChI is InChI=1S/C15H24O/c1-11(10-16)5-4-8-15(3)12(2)13-6-7-14(15)9-13/h5,13-14,16H,2,4,6-10H2,1,3H3/b11-5-/t13?,14?,15-/m0/s1. The number of aliphatic hydroxyl groups is 1. The smallest absolute Gasteiger partial charge is 0.0639 e. The predicted molar refractivity (Wildman–Crippen MR) is 68.2 cm³/mol. The van der Waals surface area contributed by atoms with Crippen LogP contribution in [0.4, 0.5) is 0 Å². The summed E-state index contributed by atoms with van der Waals surface area (Å²) in [6.07, 6.45) is 8.66. The van der Waals surface area contributed by atoms with Crippen molar-refractivity contribution < 1.29 is 5.11 Å². The van der Waals surface area contributed by atoms with Gasteiger partial charge in [0.05, 0.1) is 6.61 Å². The van der Waals surface area contributed by atoms with Gasteiger partial charge in [0.25, 0.3) is 0 Å². The third-order valence-electron chi connectivity index (χ3n) is 4.97. The van der Waals surface area contributed by atoms with Gasteiger partial charge in [-0.3, -0.25) is 0 Å². The first-order valence-electron chi connectivity index (χ1n) is 6.53. The van der Waals surface area contributed by atoms with Gasteiger partial charge in [-0.25, -0.2) is 0 Å². The Balaban J connectivity index is 1.96. The Morgan fingerprint density at radius 3 is 2.88 bits per heavy atom. The van der Waals surface area contributed by atoms with Crippen molar-refractivity contribution in [1.82, 2.24) is 0 Å². The van der Waals surface area contributed by atoms with Crippen LogP contribution in [0.25, 0.3) is 0 Å². The minimum absolute atomic E-state index is 0.198. The molecule has 0 radical (unpaired) electrons. The molecule has 1 nitrogen and oxygen atoms in total. The van der Waals surface area contributed by atoms with Crippen LogP contribution in [0.15, 0.2) is 23.8 Å². The van der Waals surface area contributed by atoms with Crippen molar-refractivity contribution in [3.05, 3.63) is 23.8 Å². The molecular weight excluding hydrogens is 196 g/mol. The molecule has 1 N–H and O–H groups in total. The lowest BCUT2D eigenvalue weighted by atomic mass is 9.69. The number of allylic oxidation sites excluding steroid dienone is 2. The summed E-state index contributed by atoms with van der Waals surface area (Å²) in [6, 6.07) is 0. The van der Waals surface area contributed by atoms with Crippen molar-refractivity contribution in [2.45, 2.75) is 46.0 Å². The molecular formula is C15H24O. The summed E-state index contributed by atoms with van der Waals surface area (Å²) >= 11 is 0. The highest BCUT2D eigenvalue weighted by Gasteiger charge is 2.49. The summed E-state index contributed by atoms with van der Waals surface area (Å²) in [4.78, 5) is 0. The number of aliphatic hydroxyl groups excluding tert-OH is 1. The van der Waals surface area contributed by atoms with Crippen LogP contribution in [0.3, 0.4) is 0 Å². The first kappa shape index (κ1) is 11.9. The highest BCUT2D eigenvalue weighted by molar-refractivity contribution is 5.24. The largest absolute Gasteiger partial charge is 0.392 e. The molecule has 2 rings (SSSR count). The van der Waals surface area contributed by atoms with Crippen molar-refractivity contribution in [1.29, 1.82) is 0 Å². The molecule has 16 heavy (non-hydrogen) atoms. The van der Waals surface area contributed by atoms with Crippen LogP contribution in [0.5, 0.6) is 0 Å². The average Bonchev–Trinajstić information content (AvgIpc) is 2.83. The van der Waals surface area contributed by atoms with Gasteiger partial charge in [0.15, 0.2) is 0 Å². The van der Waals surface area contributed by atoms with Gasteiger partial charge in [-0.2, -0.15) is 0 Å². The van der Waals surface area contributed by atoms with Crippen LogP contribution in [-0.4, -0.2) is 11.7 Å². The van der Waals surface area contributed by atoms with Gasteiger partial charge < -0.3 is 5.11 Å². The van der Waals surface area contributed by atoms with Crippen molar-refractivity contribution in [3.8, 4) is 0 Å². The van der Waals surface area contributed by atoms with Crippen molar-refractivity contribution in [2.24, 2.45) is 17.3 Å². The summed E-state index contributed by atoms with van der Waals surface area (Å²) in [7, 11) is 0. The Morgan fingerprint density at radius 1 is 1.56 bits per heavy atom. The van der Waals surface area contributed by atoms with Crippen LogP contribution < -0.4 is 0 Å². The minimum atomic E-state index is 0.198. The topological polar surface area (TPSA) is 20.2 Å². The van der Waals surface area contributed by atoms with Crippen LogP contribution in [0.2, 0.25) is 0 Å². The molecule has 0 spiro atoms. The van der Waals surface area contributed by atoms with Crippen LogP contribution in [0, 0.1) is 17.3 Å². The zero-order valence-electron chi connectivity index (χ0n) is 10.6. The van der Waals surface area contributed by atoms with Crippen molar-refractivity contribution in [3.63, 3.8) is 0 Å². The van der Waals surface area contributed by atoms with Crippen molar-refractivity contribution >= 4 is 0 Å². The zero-order chi connectivity index (χ0) is 11.8. The lowest BCUT2D eigenvalue weighted by Gasteiger charge is -2.36. The highest BCUT2D eigenvalue weighted by atomic mass is 16.3. The van der Waals surface area contributed by atoms with E-state index in [0.29, 0.717) is 5.41 Å². The minimum Gasteiger partial charge on any atom is -0.392 e.